The third-order valence-electron chi connectivity index (χ3n) is 13.5. The molecule has 5 aliphatic rings. The van der Waals surface area contributed by atoms with Gasteiger partial charge in [0, 0.05) is 69.2 Å². The second kappa shape index (κ2) is 17.9. The maximum Gasteiger partial charge on any atom is 0.279 e. The Labute approximate surface area is 371 Å². The summed E-state index contributed by atoms with van der Waals surface area (Å²) in [5.41, 5.74) is 6.89. The first kappa shape index (κ1) is 42.6. The van der Waals surface area contributed by atoms with E-state index in [1.807, 2.05) is 30.3 Å². The molecule has 1 saturated carbocycles. The lowest BCUT2D eigenvalue weighted by Gasteiger charge is -2.37. The number of carbonyl (C=O) groups excluding carboxylic acids is 4. The molecule has 65 heavy (non-hydrogen) atoms. The van der Waals surface area contributed by atoms with Crippen molar-refractivity contribution in [1.82, 2.24) is 40.2 Å². The quantitative estimate of drug-likeness (QED) is 0.104. The van der Waals surface area contributed by atoms with E-state index in [1.165, 1.54) is 16.9 Å². The fraction of sp³-hybridized carbons (Fsp3) is 0.467. The number of piperazine rings is 1. The third kappa shape index (κ3) is 8.76. The number of nitrogens with one attached hydrogen (secondary N) is 3. The van der Waals surface area contributed by atoms with Crippen LogP contribution in [0.4, 0.5) is 20.3 Å². The summed E-state index contributed by atoms with van der Waals surface area (Å²) in [6, 6.07) is 11.2. The third-order valence-corrected chi connectivity index (χ3v) is 13.5. The van der Waals surface area contributed by atoms with Crippen LogP contribution in [0.15, 0.2) is 69.7 Å². The molecule has 3 atom stereocenters. The summed E-state index contributed by atoms with van der Waals surface area (Å²) in [6.07, 6.45) is 6.40. The first-order valence-electron chi connectivity index (χ1n) is 22.3. The molecule has 4 aliphatic heterocycles. The number of anilines is 2. The van der Waals surface area contributed by atoms with Crippen LogP contribution in [-0.4, -0.2) is 136 Å². The molecule has 2 bridgehead atoms. The van der Waals surface area contributed by atoms with Gasteiger partial charge in [-0.2, -0.15) is 5.10 Å². The van der Waals surface area contributed by atoms with Gasteiger partial charge in [-0.05, 0) is 74.1 Å². The van der Waals surface area contributed by atoms with Gasteiger partial charge in [0.05, 0.1) is 54.5 Å². The Kier molecular flexibility index (Phi) is 11.7. The van der Waals surface area contributed by atoms with E-state index < -0.39 is 29.9 Å². The van der Waals surface area contributed by atoms with Gasteiger partial charge in [0.1, 0.15) is 22.8 Å². The number of nitrogens with zero attached hydrogens (tertiary/aromatic N) is 8. The maximum atomic E-state index is 13.9. The average molecular weight is 893 g/mol. The van der Waals surface area contributed by atoms with Crippen LogP contribution in [-0.2, 0) is 19.1 Å². The molecule has 5 N–H and O–H groups in total. The lowest BCUT2D eigenvalue weighted by atomic mass is 9.86. The molecule has 3 aromatic heterocycles. The molecule has 5 fully saturated rings. The molecule has 18 nitrogen and oxygen atoms in total. The number of allylic oxidation sites excluding steroid dienone is 2. The molecule has 1 unspecified atom stereocenters. The van der Waals surface area contributed by atoms with Crippen LogP contribution in [0.25, 0.3) is 27.4 Å². The Morgan fingerprint density at radius 2 is 1.83 bits per heavy atom. The van der Waals surface area contributed by atoms with Crippen LogP contribution in [0.1, 0.15) is 66.9 Å². The van der Waals surface area contributed by atoms with Crippen LogP contribution in [0.5, 0.6) is 0 Å². The number of nitrogens with two attached hydrogens (primary N) is 1. The molecular formula is C45H50F2N12O6. The molecule has 0 radical (unpaired) electrons. The number of ether oxygens (including phenoxy) is 1. The summed E-state index contributed by atoms with van der Waals surface area (Å²) in [4.78, 5) is 67.4. The summed E-state index contributed by atoms with van der Waals surface area (Å²) < 4.78 is 40.6. The van der Waals surface area contributed by atoms with Crippen molar-refractivity contribution in [3.05, 3.63) is 71.4 Å². The summed E-state index contributed by atoms with van der Waals surface area (Å²) in [7, 11) is 0. The van der Waals surface area contributed by atoms with Crippen molar-refractivity contribution in [2.75, 3.05) is 62.6 Å². The molecule has 1 aliphatic carbocycles. The monoisotopic (exact) mass is 892 g/mol. The van der Waals surface area contributed by atoms with Crippen LogP contribution in [0, 0.1) is 5.92 Å². The van der Waals surface area contributed by atoms with Crippen molar-refractivity contribution in [1.29, 1.82) is 0 Å². The van der Waals surface area contributed by atoms with E-state index in [0.29, 0.717) is 59.3 Å². The number of alkyl halides is 2. The van der Waals surface area contributed by atoms with Gasteiger partial charge in [-0.1, -0.05) is 17.3 Å². The number of carbonyl (C=O) groups is 4. The molecule has 2 aromatic carbocycles. The molecule has 10 rings (SSSR count). The SMILES string of the molecule is NC(=C(C=NC1CCC(CN2CCN(CC(=O)Nc3cccc4c3ccc3onc(C5CCC(=O)NC5=O)c34)CC2)CC1)NC(=O)c1cnn2ccc(N3C[C@H]4C[C@@H]3CO4)nc12)C(F)F. The zero-order chi connectivity index (χ0) is 44.8. The number of aromatic nitrogens is 4. The smallest absolute Gasteiger partial charge is 0.279 e. The number of amides is 4. The van der Waals surface area contributed by atoms with Crippen LogP contribution >= 0.6 is 0 Å². The Morgan fingerprint density at radius 3 is 2.58 bits per heavy atom. The van der Waals surface area contributed by atoms with Gasteiger partial charge in [0.15, 0.2) is 11.2 Å². The number of piperidine rings is 1. The maximum absolute atomic E-state index is 13.9. The minimum atomic E-state index is -3.00. The van der Waals surface area contributed by atoms with E-state index in [0.717, 1.165) is 75.6 Å². The first-order valence-corrected chi connectivity index (χ1v) is 22.3. The number of aliphatic imine (C=N–C) groups is 1. The fourth-order valence-corrected chi connectivity index (χ4v) is 10.0. The van der Waals surface area contributed by atoms with E-state index in [-0.39, 0.29) is 54.2 Å². The second-order valence-corrected chi connectivity index (χ2v) is 17.7. The topological polar surface area (TPSA) is 218 Å². The van der Waals surface area contributed by atoms with Crippen LogP contribution in [0.3, 0.4) is 0 Å². The summed E-state index contributed by atoms with van der Waals surface area (Å²) >= 11 is 0. The number of hydrogen-bond acceptors (Lipinski definition) is 14. The fourth-order valence-electron chi connectivity index (χ4n) is 10.0. The number of hydrogen-bond donors (Lipinski definition) is 4. The number of imide groups is 1. The molecule has 7 heterocycles. The average Bonchev–Trinajstić information content (AvgIpc) is 4.13. The van der Waals surface area contributed by atoms with E-state index in [9.17, 15) is 28.0 Å². The predicted molar refractivity (Wildman–Crippen MR) is 236 cm³/mol. The molecule has 0 spiro atoms. The van der Waals surface area contributed by atoms with Gasteiger partial charge in [-0.25, -0.2) is 18.3 Å². The number of morpholine rings is 1. The minimum Gasteiger partial charge on any atom is -0.396 e. The van der Waals surface area contributed by atoms with E-state index in [4.69, 9.17) is 20.0 Å². The minimum absolute atomic E-state index is 0.100. The lowest BCUT2D eigenvalue weighted by Crippen LogP contribution is -2.49. The number of fused-ring (bicyclic) bond motifs is 6. The van der Waals surface area contributed by atoms with Gasteiger partial charge in [0.25, 0.3) is 12.3 Å². The predicted octanol–water partition coefficient (Wildman–Crippen LogP) is 3.57. The van der Waals surface area contributed by atoms with Gasteiger partial charge >= 0.3 is 0 Å². The molecule has 20 heteroatoms. The van der Waals surface area contributed by atoms with Crippen LogP contribution < -0.4 is 26.6 Å². The highest BCUT2D eigenvalue weighted by atomic mass is 19.3. The Hall–Kier alpha value is -6.38. The van der Waals surface area contributed by atoms with E-state index in [2.05, 4.69) is 45.9 Å². The molecule has 4 saturated heterocycles. The lowest BCUT2D eigenvalue weighted by molar-refractivity contribution is -0.134. The van der Waals surface area contributed by atoms with Gasteiger partial charge < -0.3 is 35.4 Å². The summed E-state index contributed by atoms with van der Waals surface area (Å²) in [6.45, 7) is 5.64. The standard InChI is InChI=1S/C45H50F2N12O6/c46-42(47)40(48)34(52-45(63)32-19-50-59-13-12-36(53-43(32)59)58-22-28-18-27(58)24-64-28)20-49-26-6-4-25(5-7-26)21-56-14-16-57(17-15-56)23-38(61)51-33-3-1-2-30-29(33)8-10-35-39(30)41(55-65-35)31-9-11-37(60)54-44(31)62/h1-3,8,10,12-13,19-20,25-28,31,42H,4-7,9,11,14-18,21-24,48H2,(H,51,61)(H,52,63)(H,54,60,62)/t25?,26?,27-,28-,31?/m1/s1. The molecule has 340 valence electrons. The normalized spacial score (nSPS) is 24.7. The molecule has 5 aromatic rings. The zero-order valence-electron chi connectivity index (χ0n) is 35.6. The molecule has 4 amide bonds. The Morgan fingerprint density at radius 1 is 1.02 bits per heavy atom. The number of halogens is 2. The highest BCUT2D eigenvalue weighted by molar-refractivity contribution is 6.14. The Bertz CT molecular complexity index is 2720. The second-order valence-electron chi connectivity index (χ2n) is 17.7. The van der Waals surface area contributed by atoms with Crippen molar-refractivity contribution in [2.24, 2.45) is 16.6 Å². The van der Waals surface area contributed by atoms with Crippen molar-refractivity contribution in [3.8, 4) is 0 Å². The summed E-state index contributed by atoms with van der Waals surface area (Å²) in [5.74, 6) is -0.942. The highest BCUT2D eigenvalue weighted by Gasteiger charge is 2.40. The van der Waals surface area contributed by atoms with Crippen LogP contribution in [0.2, 0.25) is 0 Å². The first-order chi connectivity index (χ1) is 31.5. The summed E-state index contributed by atoms with van der Waals surface area (Å²) in [5, 5.41) is 18.8. The van der Waals surface area contributed by atoms with Gasteiger partial charge in [-0.3, -0.25) is 34.4 Å². The van der Waals surface area contributed by atoms with E-state index >= 15 is 0 Å². The molecular weight excluding hydrogens is 843 g/mol. The van der Waals surface area contributed by atoms with Crippen molar-refractivity contribution in [3.63, 3.8) is 0 Å². The largest absolute Gasteiger partial charge is 0.396 e. The van der Waals surface area contributed by atoms with Crippen molar-refractivity contribution >= 4 is 68.7 Å². The van der Waals surface area contributed by atoms with Gasteiger partial charge in [0.2, 0.25) is 17.7 Å². The number of rotatable bonds is 12. The van der Waals surface area contributed by atoms with Crippen molar-refractivity contribution < 1.29 is 37.2 Å². The highest BCUT2D eigenvalue weighted by Crippen LogP contribution is 2.38. The Balaban J connectivity index is 0.698. The van der Waals surface area contributed by atoms with Crippen molar-refractivity contribution in [2.45, 2.75) is 75.5 Å². The van der Waals surface area contributed by atoms with Gasteiger partial charge in [-0.15, -0.1) is 0 Å². The van der Waals surface area contributed by atoms with E-state index in [1.54, 1.807) is 12.3 Å². The zero-order valence-corrected chi connectivity index (χ0v) is 35.6. The number of benzene rings is 2.